The highest BCUT2D eigenvalue weighted by Crippen LogP contribution is 2.26. The molecule has 0 saturated heterocycles. The molecule has 0 amide bonds. The highest BCUT2D eigenvalue weighted by molar-refractivity contribution is 5.33. The van der Waals surface area contributed by atoms with Gasteiger partial charge in [-0.2, -0.15) is 18.3 Å². The van der Waals surface area contributed by atoms with Crippen molar-refractivity contribution in [1.82, 2.24) is 19.6 Å². The van der Waals surface area contributed by atoms with Crippen LogP contribution in [0.3, 0.4) is 0 Å². The molecular formula is C6H3F3N4O. The Bertz CT molecular complexity index is 526. The van der Waals surface area contributed by atoms with E-state index in [-0.39, 0.29) is 5.65 Å². The first-order valence-corrected chi connectivity index (χ1v) is 3.48. The molecule has 2 heterocycles. The van der Waals surface area contributed by atoms with E-state index in [1.807, 2.05) is 5.10 Å². The molecule has 1 N–H and O–H groups in total. The number of fused-ring (bicyclic) bond motifs is 1. The number of nitrogens with zero attached hydrogens (tertiary/aromatic N) is 3. The third kappa shape index (κ3) is 1.24. The van der Waals surface area contributed by atoms with Crippen molar-refractivity contribution in [2.45, 2.75) is 6.18 Å². The summed E-state index contributed by atoms with van der Waals surface area (Å²) in [5, 5.41) is 5.44. The molecule has 2 rings (SSSR count). The standard InChI is InChI=1S/C6H3F3N4O/c7-6(8,9)3-2-13-4(1-10-3)11-12-5(13)14/h1-2H,(H,12,14). The minimum Gasteiger partial charge on any atom is -0.247 e. The van der Waals surface area contributed by atoms with Gasteiger partial charge in [0, 0.05) is 6.20 Å². The maximum atomic E-state index is 12.1. The summed E-state index contributed by atoms with van der Waals surface area (Å²) in [6, 6.07) is 0. The molecule has 2 aromatic rings. The van der Waals surface area contributed by atoms with Crippen molar-refractivity contribution in [3.05, 3.63) is 28.6 Å². The first-order valence-electron chi connectivity index (χ1n) is 3.48. The van der Waals surface area contributed by atoms with Crippen LogP contribution in [0.5, 0.6) is 0 Å². The van der Waals surface area contributed by atoms with Gasteiger partial charge < -0.3 is 0 Å². The number of alkyl halides is 3. The second kappa shape index (κ2) is 2.56. The van der Waals surface area contributed by atoms with Crippen LogP contribution in [-0.2, 0) is 6.18 Å². The Morgan fingerprint density at radius 1 is 1.43 bits per heavy atom. The Kier molecular flexibility index (Phi) is 1.60. The van der Waals surface area contributed by atoms with Gasteiger partial charge >= 0.3 is 11.9 Å². The highest BCUT2D eigenvalue weighted by Gasteiger charge is 2.33. The lowest BCUT2D eigenvalue weighted by Gasteiger charge is -2.03. The summed E-state index contributed by atoms with van der Waals surface area (Å²) in [6.45, 7) is 0. The van der Waals surface area contributed by atoms with Crippen molar-refractivity contribution < 1.29 is 13.2 Å². The Morgan fingerprint density at radius 2 is 2.14 bits per heavy atom. The van der Waals surface area contributed by atoms with Crippen molar-refractivity contribution in [2.75, 3.05) is 0 Å². The molecule has 0 bridgehead atoms. The van der Waals surface area contributed by atoms with Crippen molar-refractivity contribution in [3.8, 4) is 0 Å². The molecule has 0 atom stereocenters. The molecule has 0 aliphatic heterocycles. The highest BCUT2D eigenvalue weighted by atomic mass is 19.4. The average Bonchev–Trinajstić information content (AvgIpc) is 2.46. The van der Waals surface area contributed by atoms with Crippen LogP contribution >= 0.6 is 0 Å². The third-order valence-electron chi connectivity index (χ3n) is 1.59. The Labute approximate surface area is 74.2 Å². The van der Waals surface area contributed by atoms with E-state index >= 15 is 0 Å². The predicted molar refractivity (Wildman–Crippen MR) is 38.6 cm³/mol. The van der Waals surface area contributed by atoms with E-state index in [0.29, 0.717) is 6.20 Å². The normalized spacial score (nSPS) is 12.2. The fourth-order valence-electron chi connectivity index (χ4n) is 0.962. The van der Waals surface area contributed by atoms with Gasteiger partial charge in [-0.25, -0.2) is 19.3 Å². The van der Waals surface area contributed by atoms with Crippen molar-refractivity contribution >= 4 is 5.65 Å². The summed E-state index contributed by atoms with van der Waals surface area (Å²) in [5.74, 6) is 0. The quantitative estimate of drug-likeness (QED) is 0.677. The molecule has 0 aliphatic rings. The number of nitrogens with one attached hydrogen (secondary N) is 1. The second-order valence-corrected chi connectivity index (χ2v) is 2.53. The summed E-state index contributed by atoms with van der Waals surface area (Å²) in [5.41, 5.74) is -1.82. The molecule has 74 valence electrons. The second-order valence-electron chi connectivity index (χ2n) is 2.53. The summed E-state index contributed by atoms with van der Waals surface area (Å²) in [6.07, 6.45) is -3.09. The fourth-order valence-corrected chi connectivity index (χ4v) is 0.962. The first-order chi connectivity index (χ1) is 6.48. The maximum Gasteiger partial charge on any atom is 0.434 e. The Balaban J connectivity index is 2.72. The average molecular weight is 204 g/mol. The number of hydrogen-bond acceptors (Lipinski definition) is 3. The number of aromatic nitrogens is 4. The monoisotopic (exact) mass is 204 g/mol. The van der Waals surface area contributed by atoms with Crippen LogP contribution in [-0.4, -0.2) is 19.6 Å². The van der Waals surface area contributed by atoms with Gasteiger partial charge in [-0.05, 0) is 0 Å². The largest absolute Gasteiger partial charge is 0.434 e. The van der Waals surface area contributed by atoms with Gasteiger partial charge in [0.15, 0.2) is 11.3 Å². The molecule has 0 unspecified atom stereocenters. The van der Waals surface area contributed by atoms with Crippen LogP contribution in [0.15, 0.2) is 17.2 Å². The van der Waals surface area contributed by atoms with Crippen LogP contribution < -0.4 is 5.69 Å². The number of hydrogen-bond donors (Lipinski definition) is 1. The van der Waals surface area contributed by atoms with E-state index in [2.05, 4.69) is 10.1 Å². The van der Waals surface area contributed by atoms with Gasteiger partial charge in [0.2, 0.25) is 0 Å². The summed E-state index contributed by atoms with van der Waals surface area (Å²) < 4.78 is 37.2. The smallest absolute Gasteiger partial charge is 0.247 e. The van der Waals surface area contributed by atoms with Gasteiger partial charge in [0.05, 0.1) is 6.20 Å². The van der Waals surface area contributed by atoms with Crippen molar-refractivity contribution in [3.63, 3.8) is 0 Å². The lowest BCUT2D eigenvalue weighted by Crippen LogP contribution is -2.14. The maximum absolute atomic E-state index is 12.1. The SMILES string of the molecule is O=c1[nH]nc2cnc(C(F)(F)F)cn12. The lowest BCUT2D eigenvalue weighted by atomic mass is 10.4. The third-order valence-corrected chi connectivity index (χ3v) is 1.59. The zero-order chi connectivity index (χ0) is 10.3. The van der Waals surface area contributed by atoms with Crippen LogP contribution in [0.25, 0.3) is 5.65 Å². The zero-order valence-electron chi connectivity index (χ0n) is 6.54. The van der Waals surface area contributed by atoms with Gasteiger partial charge in [0.1, 0.15) is 0 Å². The number of aromatic amines is 1. The molecule has 14 heavy (non-hydrogen) atoms. The first kappa shape index (κ1) is 8.73. The van der Waals surface area contributed by atoms with Gasteiger partial charge in [-0.1, -0.05) is 0 Å². The van der Waals surface area contributed by atoms with E-state index in [0.717, 1.165) is 10.6 Å². The molecule has 0 aliphatic carbocycles. The van der Waals surface area contributed by atoms with E-state index in [9.17, 15) is 18.0 Å². The molecule has 0 spiro atoms. The van der Waals surface area contributed by atoms with Crippen LogP contribution in [0.2, 0.25) is 0 Å². The van der Waals surface area contributed by atoms with Crippen LogP contribution in [0.1, 0.15) is 5.69 Å². The number of H-pyrrole nitrogens is 1. The van der Waals surface area contributed by atoms with E-state index in [4.69, 9.17) is 0 Å². The molecule has 0 aromatic carbocycles. The number of rotatable bonds is 0. The van der Waals surface area contributed by atoms with Gasteiger partial charge in [0.25, 0.3) is 0 Å². The number of halogens is 3. The zero-order valence-corrected chi connectivity index (χ0v) is 6.54. The molecule has 8 heteroatoms. The minimum atomic E-state index is -4.56. The molecular weight excluding hydrogens is 201 g/mol. The van der Waals surface area contributed by atoms with Crippen LogP contribution in [0.4, 0.5) is 13.2 Å². The topological polar surface area (TPSA) is 63.0 Å². The summed E-state index contributed by atoms with van der Waals surface area (Å²) >= 11 is 0. The molecule has 0 fully saturated rings. The molecule has 0 radical (unpaired) electrons. The minimum absolute atomic E-state index is 0.0444. The van der Waals surface area contributed by atoms with E-state index in [1.54, 1.807) is 0 Å². The van der Waals surface area contributed by atoms with Crippen LogP contribution in [0, 0.1) is 0 Å². The fraction of sp³-hybridized carbons (Fsp3) is 0.167. The molecule has 2 aromatic heterocycles. The predicted octanol–water partition coefficient (Wildman–Crippen LogP) is 0.436. The van der Waals surface area contributed by atoms with Gasteiger partial charge in [-0.15, -0.1) is 0 Å². The van der Waals surface area contributed by atoms with Crippen molar-refractivity contribution in [1.29, 1.82) is 0 Å². The van der Waals surface area contributed by atoms with Gasteiger partial charge in [-0.3, -0.25) is 0 Å². The lowest BCUT2D eigenvalue weighted by molar-refractivity contribution is -0.141. The molecule has 5 nitrogen and oxygen atoms in total. The van der Waals surface area contributed by atoms with E-state index < -0.39 is 17.6 Å². The van der Waals surface area contributed by atoms with E-state index in [1.165, 1.54) is 0 Å². The summed E-state index contributed by atoms with van der Waals surface area (Å²) in [4.78, 5) is 14.0. The Morgan fingerprint density at radius 3 is 2.79 bits per heavy atom. The Hall–Kier alpha value is -1.86. The molecule has 0 saturated carbocycles. The summed E-state index contributed by atoms with van der Waals surface area (Å²) in [7, 11) is 0. The van der Waals surface area contributed by atoms with Crippen molar-refractivity contribution in [2.24, 2.45) is 0 Å².